The molecule has 0 unspecified atom stereocenters. The largest absolute Gasteiger partial charge is 0.484 e. The van der Waals surface area contributed by atoms with Gasteiger partial charge in [0.15, 0.2) is 6.61 Å². The quantitative estimate of drug-likeness (QED) is 0.679. The highest BCUT2D eigenvalue weighted by atomic mass is 19.1. The molecule has 1 amide bonds. The van der Waals surface area contributed by atoms with E-state index in [9.17, 15) is 13.6 Å². The number of carbonyl (C=O) groups is 1. The number of amides is 1. The summed E-state index contributed by atoms with van der Waals surface area (Å²) in [7, 11) is 0. The summed E-state index contributed by atoms with van der Waals surface area (Å²) in [6.45, 7) is -0.244. The number of nitrogens with one attached hydrogen (secondary N) is 1. The number of benzene rings is 2. The number of halogens is 2. The Labute approximate surface area is 120 Å². The third-order valence-electron chi connectivity index (χ3n) is 2.46. The van der Waals surface area contributed by atoms with Crippen molar-refractivity contribution in [2.45, 2.75) is 0 Å². The second kappa shape index (κ2) is 7.14. The van der Waals surface area contributed by atoms with Gasteiger partial charge in [-0.25, -0.2) is 14.2 Å². The summed E-state index contributed by atoms with van der Waals surface area (Å²) < 4.78 is 30.5. The summed E-state index contributed by atoms with van der Waals surface area (Å²) in [6.07, 6.45) is 1.38. The van der Waals surface area contributed by atoms with Gasteiger partial charge in [0, 0.05) is 0 Å². The molecular weight excluding hydrogens is 278 g/mol. The van der Waals surface area contributed by atoms with Crippen LogP contribution in [0, 0.1) is 11.6 Å². The molecule has 0 aromatic heterocycles. The Hall–Kier alpha value is -2.76. The first-order chi connectivity index (χ1) is 10.1. The molecule has 0 radical (unpaired) electrons. The molecule has 0 saturated carbocycles. The maximum atomic E-state index is 12.7. The smallest absolute Gasteiger partial charge is 0.277 e. The third-order valence-corrected chi connectivity index (χ3v) is 2.46. The van der Waals surface area contributed by atoms with Gasteiger partial charge >= 0.3 is 0 Å². The Bertz CT molecular complexity index is 625. The van der Waals surface area contributed by atoms with E-state index in [0.29, 0.717) is 11.3 Å². The molecule has 2 aromatic rings. The lowest BCUT2D eigenvalue weighted by Crippen LogP contribution is -2.24. The number of ether oxygens (including phenoxy) is 1. The molecule has 0 aliphatic carbocycles. The Morgan fingerprint density at radius 1 is 1.05 bits per heavy atom. The maximum Gasteiger partial charge on any atom is 0.277 e. The van der Waals surface area contributed by atoms with Crippen LogP contribution in [-0.2, 0) is 4.79 Å². The second-order valence-electron chi connectivity index (χ2n) is 4.09. The van der Waals surface area contributed by atoms with Gasteiger partial charge in [0.1, 0.15) is 17.4 Å². The molecule has 0 atom stereocenters. The number of hydrogen-bond donors (Lipinski definition) is 1. The van der Waals surface area contributed by atoms with E-state index in [2.05, 4.69) is 10.5 Å². The number of carbonyl (C=O) groups excluding carboxylic acids is 1. The van der Waals surface area contributed by atoms with Gasteiger partial charge in [-0.3, -0.25) is 4.79 Å². The van der Waals surface area contributed by atoms with Crippen molar-refractivity contribution in [3.63, 3.8) is 0 Å². The first-order valence-electron chi connectivity index (χ1n) is 6.09. The van der Waals surface area contributed by atoms with E-state index in [1.54, 1.807) is 0 Å². The van der Waals surface area contributed by atoms with Crippen molar-refractivity contribution in [3.8, 4) is 5.75 Å². The highest BCUT2D eigenvalue weighted by molar-refractivity contribution is 5.82. The topological polar surface area (TPSA) is 50.7 Å². The Balaban J connectivity index is 1.77. The van der Waals surface area contributed by atoms with Crippen LogP contribution in [0.25, 0.3) is 0 Å². The molecule has 4 nitrogen and oxygen atoms in total. The summed E-state index contributed by atoms with van der Waals surface area (Å²) in [5.41, 5.74) is 2.91. The van der Waals surface area contributed by atoms with Crippen molar-refractivity contribution < 1.29 is 18.3 Å². The molecule has 0 aliphatic heterocycles. The van der Waals surface area contributed by atoms with E-state index < -0.39 is 5.91 Å². The van der Waals surface area contributed by atoms with E-state index in [0.717, 1.165) is 0 Å². The normalized spacial score (nSPS) is 10.6. The summed E-state index contributed by atoms with van der Waals surface area (Å²) in [5.74, 6) is -0.800. The summed E-state index contributed by atoms with van der Waals surface area (Å²) in [4.78, 5) is 11.4. The molecule has 0 fully saturated rings. The highest BCUT2D eigenvalue weighted by Crippen LogP contribution is 2.10. The molecule has 21 heavy (non-hydrogen) atoms. The van der Waals surface area contributed by atoms with Crippen LogP contribution < -0.4 is 10.2 Å². The molecule has 2 aromatic carbocycles. The lowest BCUT2D eigenvalue weighted by molar-refractivity contribution is -0.123. The van der Waals surface area contributed by atoms with Crippen LogP contribution >= 0.6 is 0 Å². The van der Waals surface area contributed by atoms with E-state index in [4.69, 9.17) is 4.74 Å². The number of hydrazone groups is 1. The fourth-order valence-corrected chi connectivity index (χ4v) is 1.44. The van der Waals surface area contributed by atoms with Crippen molar-refractivity contribution in [1.29, 1.82) is 0 Å². The van der Waals surface area contributed by atoms with Gasteiger partial charge in [0.05, 0.1) is 6.21 Å². The zero-order chi connectivity index (χ0) is 15.1. The summed E-state index contributed by atoms with van der Waals surface area (Å²) >= 11 is 0. The molecule has 0 saturated heterocycles. The molecule has 0 spiro atoms. The molecule has 6 heteroatoms. The monoisotopic (exact) mass is 290 g/mol. The fraction of sp³-hybridized carbons (Fsp3) is 0.0667. The maximum absolute atomic E-state index is 12.7. The lowest BCUT2D eigenvalue weighted by atomic mass is 10.2. The van der Waals surface area contributed by atoms with Crippen LogP contribution in [0.1, 0.15) is 5.56 Å². The number of rotatable bonds is 5. The predicted molar refractivity (Wildman–Crippen MR) is 74.0 cm³/mol. The van der Waals surface area contributed by atoms with Gasteiger partial charge < -0.3 is 4.74 Å². The van der Waals surface area contributed by atoms with Crippen LogP contribution in [0.15, 0.2) is 53.6 Å². The minimum atomic E-state index is -0.460. The van der Waals surface area contributed by atoms with E-state index in [-0.39, 0.29) is 18.2 Å². The third kappa shape index (κ3) is 5.02. The lowest BCUT2D eigenvalue weighted by Gasteiger charge is -2.04. The molecule has 0 aliphatic rings. The number of hydrogen-bond acceptors (Lipinski definition) is 3. The van der Waals surface area contributed by atoms with E-state index >= 15 is 0 Å². The highest BCUT2D eigenvalue weighted by Gasteiger charge is 2.01. The Morgan fingerprint density at radius 2 is 1.62 bits per heavy atom. The van der Waals surface area contributed by atoms with Crippen LogP contribution in [0.3, 0.4) is 0 Å². The zero-order valence-corrected chi connectivity index (χ0v) is 10.9. The molecule has 1 N–H and O–H groups in total. The number of nitrogens with zero attached hydrogens (tertiary/aromatic N) is 1. The van der Waals surface area contributed by atoms with Crippen molar-refractivity contribution in [2.24, 2.45) is 5.10 Å². The molecule has 0 bridgehead atoms. The van der Waals surface area contributed by atoms with E-state index in [1.807, 2.05) is 0 Å². The van der Waals surface area contributed by atoms with Crippen molar-refractivity contribution in [3.05, 3.63) is 65.7 Å². The Morgan fingerprint density at radius 3 is 2.24 bits per heavy atom. The van der Waals surface area contributed by atoms with Gasteiger partial charge in [0.25, 0.3) is 5.91 Å². The zero-order valence-electron chi connectivity index (χ0n) is 10.9. The first-order valence-corrected chi connectivity index (χ1v) is 6.09. The minimum Gasteiger partial charge on any atom is -0.484 e. The van der Waals surface area contributed by atoms with Gasteiger partial charge in [-0.1, -0.05) is 12.1 Å². The second-order valence-corrected chi connectivity index (χ2v) is 4.09. The fourth-order valence-electron chi connectivity index (χ4n) is 1.44. The average Bonchev–Trinajstić information content (AvgIpc) is 2.49. The molecular formula is C15H12F2N2O2. The molecule has 0 heterocycles. The van der Waals surface area contributed by atoms with Crippen LogP contribution in [0.4, 0.5) is 8.78 Å². The van der Waals surface area contributed by atoms with Crippen molar-refractivity contribution in [2.75, 3.05) is 6.61 Å². The van der Waals surface area contributed by atoms with Crippen LogP contribution in [-0.4, -0.2) is 18.7 Å². The molecule has 108 valence electrons. The van der Waals surface area contributed by atoms with Crippen LogP contribution in [0.5, 0.6) is 5.75 Å². The first kappa shape index (κ1) is 14.6. The van der Waals surface area contributed by atoms with Gasteiger partial charge in [-0.15, -0.1) is 0 Å². The van der Waals surface area contributed by atoms with Gasteiger partial charge in [-0.05, 0) is 42.0 Å². The van der Waals surface area contributed by atoms with E-state index in [1.165, 1.54) is 54.7 Å². The molecule has 2 rings (SSSR count). The van der Waals surface area contributed by atoms with Gasteiger partial charge in [-0.2, -0.15) is 5.10 Å². The standard InChI is InChI=1S/C15H12F2N2O2/c16-12-3-1-11(2-4-12)9-18-19-15(20)10-21-14-7-5-13(17)6-8-14/h1-9H,10H2,(H,19,20)/b18-9-. The SMILES string of the molecule is O=C(COc1ccc(F)cc1)N/N=C\c1ccc(F)cc1. The average molecular weight is 290 g/mol. The summed E-state index contributed by atoms with van der Waals surface area (Å²) in [6, 6.07) is 11.0. The summed E-state index contributed by atoms with van der Waals surface area (Å²) in [5, 5.41) is 3.71. The van der Waals surface area contributed by atoms with Crippen molar-refractivity contribution >= 4 is 12.1 Å². The van der Waals surface area contributed by atoms with Crippen molar-refractivity contribution in [1.82, 2.24) is 5.43 Å². The van der Waals surface area contributed by atoms with Gasteiger partial charge in [0.2, 0.25) is 0 Å². The van der Waals surface area contributed by atoms with Crippen LogP contribution in [0.2, 0.25) is 0 Å². The minimum absolute atomic E-state index is 0.244. The predicted octanol–water partition coefficient (Wildman–Crippen LogP) is 2.49. The Kier molecular flexibility index (Phi) is 4.98.